The molecule has 0 radical (unpaired) electrons. The van der Waals surface area contributed by atoms with Crippen LogP contribution in [0.5, 0.6) is 5.75 Å². The Bertz CT molecular complexity index is 1300. The monoisotopic (exact) mass is 462 g/mol. The second-order valence-electron chi connectivity index (χ2n) is 7.61. The number of amides is 2. The molecule has 5 rings (SSSR count). The zero-order valence-corrected chi connectivity index (χ0v) is 18.0. The fourth-order valence-electron chi connectivity index (χ4n) is 3.79. The van der Waals surface area contributed by atoms with E-state index in [9.17, 15) is 10.0 Å². The summed E-state index contributed by atoms with van der Waals surface area (Å²) < 4.78 is 10.7. The Balaban J connectivity index is 1.42. The summed E-state index contributed by atoms with van der Waals surface area (Å²) >= 11 is 0. The first-order valence-electron chi connectivity index (χ1n) is 10.3. The average molecular weight is 462 g/mol. The molecule has 12 heteroatoms. The average Bonchev–Trinajstić information content (AvgIpc) is 3.53. The number of carbonyl (C=O) groups excluding carboxylic acids is 1. The summed E-state index contributed by atoms with van der Waals surface area (Å²) in [4.78, 5) is 26.7. The number of rotatable bonds is 5. The topological polar surface area (TPSA) is 156 Å². The molecule has 0 bridgehead atoms. The van der Waals surface area contributed by atoms with E-state index in [1.807, 2.05) is 0 Å². The van der Waals surface area contributed by atoms with Crippen LogP contribution in [0, 0.1) is 5.21 Å². The van der Waals surface area contributed by atoms with E-state index in [0.717, 1.165) is 11.4 Å². The second-order valence-corrected chi connectivity index (χ2v) is 7.61. The first kappa shape index (κ1) is 21.4. The molecule has 174 valence electrons. The number of methoxy groups -OCH3 is 1. The van der Waals surface area contributed by atoms with Crippen LogP contribution in [0.15, 0.2) is 59.4 Å². The summed E-state index contributed by atoms with van der Waals surface area (Å²) in [7, 11) is 1.57. The third-order valence-corrected chi connectivity index (χ3v) is 5.55. The summed E-state index contributed by atoms with van der Waals surface area (Å²) in [5.74, 6) is 1.13. The lowest BCUT2D eigenvalue weighted by molar-refractivity contribution is 0.155. The SMILES string of the molecule is COc1ccc(NC(=O)N2Cc3[nH]cnc3C[C@H]2c2nc(-c3cccc(N([O-])O)c3)no2)cc1. The van der Waals surface area contributed by atoms with Crippen molar-refractivity contribution in [1.82, 2.24) is 25.0 Å². The molecule has 0 spiro atoms. The maximum absolute atomic E-state index is 13.2. The molecule has 1 aliphatic heterocycles. The first-order chi connectivity index (χ1) is 16.5. The van der Waals surface area contributed by atoms with E-state index in [-0.39, 0.29) is 35.2 Å². The summed E-state index contributed by atoms with van der Waals surface area (Å²) in [6, 6.07) is 12.2. The number of aromatic amines is 1. The Morgan fingerprint density at radius 3 is 2.91 bits per heavy atom. The van der Waals surface area contributed by atoms with Crippen LogP contribution in [0.25, 0.3) is 11.4 Å². The van der Waals surface area contributed by atoms with Gasteiger partial charge in [-0.3, -0.25) is 5.21 Å². The lowest BCUT2D eigenvalue weighted by Crippen LogP contribution is -2.41. The molecule has 2 amide bonds. The van der Waals surface area contributed by atoms with Gasteiger partial charge in [-0.25, -0.2) is 9.78 Å². The number of benzene rings is 2. The van der Waals surface area contributed by atoms with E-state index >= 15 is 0 Å². The zero-order chi connectivity index (χ0) is 23.7. The van der Waals surface area contributed by atoms with Gasteiger partial charge in [0.2, 0.25) is 11.7 Å². The number of ether oxygens (including phenoxy) is 1. The molecule has 1 aliphatic rings. The first-order valence-corrected chi connectivity index (χ1v) is 10.3. The van der Waals surface area contributed by atoms with Crippen molar-refractivity contribution in [2.24, 2.45) is 0 Å². The van der Waals surface area contributed by atoms with Gasteiger partial charge in [-0.15, -0.1) is 0 Å². The smallest absolute Gasteiger partial charge is 0.322 e. The molecular weight excluding hydrogens is 442 g/mol. The standard InChI is InChI=1S/C22H20N7O5/c1-33-16-7-5-14(6-8-16)25-22(30)28-11-18-17(23-12-24-18)10-19(28)21-26-20(27-34-21)13-3-2-4-15(9-13)29(31)32/h2-9,12,19,31H,10-11H2,1H3,(H,23,24)(H,25,30)/q-1/t19-/m0/s1. The number of carbonyl (C=O) groups is 1. The molecular formula is C22H20N7O5-. The molecule has 0 saturated carbocycles. The Morgan fingerprint density at radius 1 is 1.32 bits per heavy atom. The van der Waals surface area contributed by atoms with Crippen LogP contribution in [0.3, 0.4) is 0 Å². The molecule has 4 aromatic rings. The summed E-state index contributed by atoms with van der Waals surface area (Å²) in [5, 5.41) is 27.0. The van der Waals surface area contributed by atoms with E-state index in [1.54, 1.807) is 54.7 Å². The molecule has 1 atom stereocenters. The number of nitrogens with zero attached hydrogens (tertiary/aromatic N) is 5. The van der Waals surface area contributed by atoms with E-state index in [1.165, 1.54) is 12.1 Å². The number of aromatic nitrogens is 4. The summed E-state index contributed by atoms with van der Waals surface area (Å²) in [6.45, 7) is 0.269. The van der Waals surface area contributed by atoms with Crippen molar-refractivity contribution in [1.29, 1.82) is 0 Å². The number of hydrogen-bond acceptors (Lipinski definition) is 9. The van der Waals surface area contributed by atoms with Gasteiger partial charge >= 0.3 is 6.03 Å². The van der Waals surface area contributed by atoms with Crippen LogP contribution in [0.2, 0.25) is 0 Å². The maximum atomic E-state index is 13.2. The van der Waals surface area contributed by atoms with Gasteiger partial charge in [-0.1, -0.05) is 17.3 Å². The van der Waals surface area contributed by atoms with Gasteiger partial charge in [0, 0.05) is 17.7 Å². The molecule has 2 aromatic heterocycles. The molecule has 12 nitrogen and oxygen atoms in total. The van der Waals surface area contributed by atoms with Crippen molar-refractivity contribution in [3.05, 3.63) is 77.3 Å². The highest BCUT2D eigenvalue weighted by Gasteiger charge is 2.36. The fourth-order valence-corrected chi connectivity index (χ4v) is 3.79. The Morgan fingerprint density at radius 2 is 2.15 bits per heavy atom. The lowest BCUT2D eigenvalue weighted by Gasteiger charge is -2.32. The maximum Gasteiger partial charge on any atom is 0.322 e. The predicted octanol–water partition coefficient (Wildman–Crippen LogP) is 3.49. The normalized spacial score (nSPS) is 15.0. The lowest BCUT2D eigenvalue weighted by atomic mass is 10.0. The van der Waals surface area contributed by atoms with E-state index in [2.05, 4.69) is 25.4 Å². The highest BCUT2D eigenvalue weighted by molar-refractivity contribution is 5.89. The second kappa shape index (κ2) is 8.84. The molecule has 3 N–H and O–H groups in total. The largest absolute Gasteiger partial charge is 0.733 e. The van der Waals surface area contributed by atoms with Crippen molar-refractivity contribution < 1.29 is 19.3 Å². The van der Waals surface area contributed by atoms with Crippen molar-refractivity contribution in [2.75, 3.05) is 17.7 Å². The van der Waals surface area contributed by atoms with Gasteiger partial charge in [0.15, 0.2) is 0 Å². The third-order valence-electron chi connectivity index (χ3n) is 5.55. The van der Waals surface area contributed by atoms with Gasteiger partial charge in [0.05, 0.1) is 37.1 Å². The minimum Gasteiger partial charge on any atom is -0.733 e. The van der Waals surface area contributed by atoms with Crippen molar-refractivity contribution in [2.45, 2.75) is 19.0 Å². The molecule has 34 heavy (non-hydrogen) atoms. The van der Waals surface area contributed by atoms with E-state index < -0.39 is 6.04 Å². The summed E-state index contributed by atoms with van der Waals surface area (Å²) in [6.07, 6.45) is 1.96. The minimum atomic E-state index is -0.563. The number of imidazole rings is 1. The zero-order valence-electron chi connectivity index (χ0n) is 18.0. The Hall–Kier alpha value is -4.42. The highest BCUT2D eigenvalue weighted by atomic mass is 16.8. The highest BCUT2D eigenvalue weighted by Crippen LogP contribution is 2.33. The number of H-pyrrole nitrogens is 1. The van der Waals surface area contributed by atoms with Gasteiger partial charge in [-0.2, -0.15) is 4.98 Å². The molecule has 0 fully saturated rings. The van der Waals surface area contributed by atoms with Crippen LogP contribution >= 0.6 is 0 Å². The van der Waals surface area contributed by atoms with Crippen LogP contribution in [0.4, 0.5) is 16.2 Å². The van der Waals surface area contributed by atoms with Gasteiger partial charge in [0.1, 0.15) is 11.8 Å². The summed E-state index contributed by atoms with van der Waals surface area (Å²) in [5.41, 5.74) is 2.75. The van der Waals surface area contributed by atoms with Crippen LogP contribution in [-0.2, 0) is 13.0 Å². The Kier molecular flexibility index (Phi) is 5.57. The van der Waals surface area contributed by atoms with Crippen LogP contribution < -0.4 is 15.3 Å². The van der Waals surface area contributed by atoms with Crippen molar-refractivity contribution in [3.8, 4) is 17.1 Å². The van der Waals surface area contributed by atoms with E-state index in [4.69, 9.17) is 14.5 Å². The van der Waals surface area contributed by atoms with Crippen molar-refractivity contribution >= 4 is 17.4 Å². The number of fused-ring (bicyclic) bond motifs is 1. The van der Waals surface area contributed by atoms with Crippen LogP contribution in [-0.4, -0.2) is 43.4 Å². The Labute approximate surface area is 193 Å². The molecule has 0 aliphatic carbocycles. The van der Waals surface area contributed by atoms with E-state index in [0.29, 0.717) is 23.4 Å². The van der Waals surface area contributed by atoms with Gasteiger partial charge < -0.3 is 34.9 Å². The minimum absolute atomic E-state index is 0.0307. The fraction of sp³-hybridized carbons (Fsp3) is 0.182. The van der Waals surface area contributed by atoms with Crippen molar-refractivity contribution in [3.63, 3.8) is 0 Å². The molecule has 3 heterocycles. The predicted molar refractivity (Wildman–Crippen MR) is 120 cm³/mol. The molecule has 2 aromatic carbocycles. The third kappa shape index (κ3) is 4.14. The van der Waals surface area contributed by atoms with Gasteiger partial charge in [0.25, 0.3) is 0 Å². The number of hydrogen-bond donors (Lipinski definition) is 3. The molecule has 0 saturated heterocycles. The number of urea groups is 1. The van der Waals surface area contributed by atoms with Gasteiger partial charge in [-0.05, 0) is 36.4 Å². The molecule has 0 unspecified atom stereocenters. The quantitative estimate of drug-likeness (QED) is 0.378. The van der Waals surface area contributed by atoms with Crippen LogP contribution in [0.1, 0.15) is 23.3 Å². The number of anilines is 2. The number of nitrogens with one attached hydrogen (secondary N) is 2.